The van der Waals surface area contributed by atoms with Crippen molar-refractivity contribution < 1.29 is 9.90 Å². The number of phenolic OH excluding ortho intramolecular Hbond substituents is 1. The van der Waals surface area contributed by atoms with Gasteiger partial charge in [0.05, 0.1) is 0 Å². The molecular formula is C13H19NO2. The van der Waals surface area contributed by atoms with E-state index in [2.05, 4.69) is 5.32 Å². The van der Waals surface area contributed by atoms with Crippen molar-refractivity contribution in [3.63, 3.8) is 0 Å². The minimum absolute atomic E-state index is 0.0189. The van der Waals surface area contributed by atoms with Crippen LogP contribution in [0, 0.1) is 11.8 Å². The van der Waals surface area contributed by atoms with Gasteiger partial charge in [0.2, 0.25) is 5.91 Å². The monoisotopic (exact) mass is 221 g/mol. The van der Waals surface area contributed by atoms with Crippen LogP contribution in [0.1, 0.15) is 19.4 Å². The first-order valence-electron chi connectivity index (χ1n) is 5.54. The van der Waals surface area contributed by atoms with Crippen LogP contribution in [-0.4, -0.2) is 18.1 Å². The molecule has 0 aromatic heterocycles. The molecule has 3 heteroatoms. The molecule has 1 rings (SSSR count). The number of rotatable bonds is 4. The maximum atomic E-state index is 11.7. The number of benzene rings is 1. The van der Waals surface area contributed by atoms with Crippen molar-refractivity contribution in [1.29, 1.82) is 0 Å². The zero-order valence-electron chi connectivity index (χ0n) is 10.0. The molecule has 0 saturated carbocycles. The lowest BCUT2D eigenvalue weighted by Crippen LogP contribution is -2.32. The zero-order valence-corrected chi connectivity index (χ0v) is 10.0. The number of phenols is 1. The summed E-state index contributed by atoms with van der Waals surface area (Å²) < 4.78 is 0. The second-order valence-electron chi connectivity index (χ2n) is 4.34. The molecule has 2 N–H and O–H groups in total. The number of nitrogens with one attached hydrogen (secondary N) is 1. The Morgan fingerprint density at radius 3 is 2.31 bits per heavy atom. The molecule has 0 aliphatic heterocycles. The highest BCUT2D eigenvalue weighted by atomic mass is 16.3. The van der Waals surface area contributed by atoms with Crippen LogP contribution in [0.3, 0.4) is 0 Å². The molecule has 0 heterocycles. The first-order valence-corrected chi connectivity index (χ1v) is 5.54. The first-order chi connectivity index (χ1) is 7.54. The van der Waals surface area contributed by atoms with Crippen LogP contribution in [0.2, 0.25) is 0 Å². The number of aromatic hydroxyl groups is 1. The summed E-state index contributed by atoms with van der Waals surface area (Å²) in [5.41, 5.74) is 1.07. The van der Waals surface area contributed by atoms with Crippen LogP contribution in [0.4, 0.5) is 0 Å². The number of carbonyl (C=O) groups is 1. The highest BCUT2D eigenvalue weighted by Crippen LogP contribution is 2.19. The van der Waals surface area contributed by atoms with Gasteiger partial charge in [-0.25, -0.2) is 0 Å². The van der Waals surface area contributed by atoms with E-state index in [1.165, 1.54) is 0 Å². The van der Waals surface area contributed by atoms with Crippen LogP contribution in [-0.2, 0) is 11.2 Å². The van der Waals surface area contributed by atoms with E-state index in [-0.39, 0.29) is 17.6 Å². The van der Waals surface area contributed by atoms with Crippen LogP contribution in [0.25, 0.3) is 0 Å². The zero-order chi connectivity index (χ0) is 12.1. The Morgan fingerprint density at radius 2 is 1.88 bits per heavy atom. The Balaban J connectivity index is 2.75. The van der Waals surface area contributed by atoms with Crippen LogP contribution in [0.5, 0.6) is 5.75 Å². The molecule has 1 aromatic rings. The maximum absolute atomic E-state index is 11.7. The Labute approximate surface area is 96.5 Å². The second-order valence-corrected chi connectivity index (χ2v) is 4.34. The van der Waals surface area contributed by atoms with E-state index in [0.29, 0.717) is 12.3 Å². The highest BCUT2D eigenvalue weighted by molar-refractivity contribution is 5.78. The van der Waals surface area contributed by atoms with Gasteiger partial charge >= 0.3 is 0 Å². The molecule has 0 aliphatic carbocycles. The van der Waals surface area contributed by atoms with Crippen molar-refractivity contribution in [3.8, 4) is 5.75 Å². The SMILES string of the molecule is CNC(=O)[C@H](Cc1ccc(O)cc1)C(C)C. The molecule has 1 amide bonds. The van der Waals surface area contributed by atoms with Crippen LogP contribution >= 0.6 is 0 Å². The predicted octanol–water partition coefficient (Wildman–Crippen LogP) is 1.95. The maximum Gasteiger partial charge on any atom is 0.223 e. The average Bonchev–Trinajstić information content (AvgIpc) is 2.27. The van der Waals surface area contributed by atoms with Crippen molar-refractivity contribution in [2.75, 3.05) is 7.05 Å². The van der Waals surface area contributed by atoms with E-state index in [4.69, 9.17) is 0 Å². The van der Waals surface area contributed by atoms with E-state index in [9.17, 15) is 9.90 Å². The molecular weight excluding hydrogens is 202 g/mol. The van der Waals surface area contributed by atoms with E-state index < -0.39 is 0 Å². The molecule has 3 nitrogen and oxygen atoms in total. The summed E-state index contributed by atoms with van der Waals surface area (Å²) in [6.45, 7) is 4.08. The Kier molecular flexibility index (Phi) is 4.35. The molecule has 0 radical (unpaired) electrons. The molecule has 0 bridgehead atoms. The van der Waals surface area contributed by atoms with Crippen molar-refractivity contribution in [2.45, 2.75) is 20.3 Å². The van der Waals surface area contributed by atoms with E-state index in [0.717, 1.165) is 5.56 Å². The highest BCUT2D eigenvalue weighted by Gasteiger charge is 2.21. The van der Waals surface area contributed by atoms with Gasteiger partial charge < -0.3 is 10.4 Å². The van der Waals surface area contributed by atoms with Crippen molar-refractivity contribution >= 4 is 5.91 Å². The summed E-state index contributed by atoms with van der Waals surface area (Å²) in [5, 5.41) is 11.9. The first kappa shape index (κ1) is 12.6. The average molecular weight is 221 g/mol. The molecule has 0 fully saturated rings. The van der Waals surface area contributed by atoms with Gasteiger partial charge in [0, 0.05) is 13.0 Å². The van der Waals surface area contributed by atoms with Gasteiger partial charge in [-0.15, -0.1) is 0 Å². The summed E-state index contributed by atoms with van der Waals surface area (Å²) in [7, 11) is 1.66. The van der Waals surface area contributed by atoms with Gasteiger partial charge in [-0.1, -0.05) is 26.0 Å². The summed E-state index contributed by atoms with van der Waals surface area (Å²) in [6, 6.07) is 7.01. The summed E-state index contributed by atoms with van der Waals surface area (Å²) in [5.74, 6) is 0.608. The van der Waals surface area contributed by atoms with Gasteiger partial charge in [0.15, 0.2) is 0 Å². The van der Waals surface area contributed by atoms with Gasteiger partial charge in [-0.2, -0.15) is 0 Å². The molecule has 1 aromatic carbocycles. The molecule has 0 unspecified atom stereocenters. The quantitative estimate of drug-likeness (QED) is 0.816. The smallest absolute Gasteiger partial charge is 0.223 e. The van der Waals surface area contributed by atoms with Crippen molar-refractivity contribution in [2.24, 2.45) is 11.8 Å². The molecule has 0 spiro atoms. The van der Waals surface area contributed by atoms with Crippen molar-refractivity contribution in [3.05, 3.63) is 29.8 Å². The third-order valence-electron chi connectivity index (χ3n) is 2.78. The lowest BCUT2D eigenvalue weighted by atomic mass is 9.88. The standard InChI is InChI=1S/C13H19NO2/c1-9(2)12(13(16)14-3)8-10-4-6-11(15)7-5-10/h4-7,9,12,15H,8H2,1-3H3,(H,14,16)/t12-/m1/s1. The number of hydrogen-bond donors (Lipinski definition) is 2. The van der Waals surface area contributed by atoms with Crippen molar-refractivity contribution in [1.82, 2.24) is 5.32 Å². The van der Waals surface area contributed by atoms with Crippen LogP contribution < -0.4 is 5.32 Å². The normalized spacial score (nSPS) is 12.5. The summed E-state index contributed by atoms with van der Waals surface area (Å²) in [4.78, 5) is 11.7. The fraction of sp³-hybridized carbons (Fsp3) is 0.462. The third-order valence-corrected chi connectivity index (χ3v) is 2.78. The Morgan fingerprint density at radius 1 is 1.31 bits per heavy atom. The number of carbonyl (C=O) groups excluding carboxylic acids is 1. The molecule has 16 heavy (non-hydrogen) atoms. The summed E-state index contributed by atoms with van der Waals surface area (Å²) >= 11 is 0. The van der Waals surface area contributed by atoms with Gasteiger partial charge in [0.1, 0.15) is 5.75 Å². The van der Waals surface area contributed by atoms with Gasteiger partial charge in [-0.3, -0.25) is 4.79 Å². The molecule has 1 atom stereocenters. The third kappa shape index (κ3) is 3.26. The molecule has 0 aliphatic rings. The van der Waals surface area contributed by atoms with E-state index in [1.807, 2.05) is 26.0 Å². The lowest BCUT2D eigenvalue weighted by Gasteiger charge is -2.19. The minimum Gasteiger partial charge on any atom is -0.508 e. The Hall–Kier alpha value is -1.51. The van der Waals surface area contributed by atoms with E-state index in [1.54, 1.807) is 19.2 Å². The molecule has 0 saturated heterocycles. The van der Waals surface area contributed by atoms with Gasteiger partial charge in [-0.05, 0) is 30.0 Å². The second kappa shape index (κ2) is 5.54. The fourth-order valence-corrected chi connectivity index (χ4v) is 1.70. The number of amides is 1. The minimum atomic E-state index is -0.0189. The van der Waals surface area contributed by atoms with Gasteiger partial charge in [0.25, 0.3) is 0 Å². The fourth-order valence-electron chi connectivity index (χ4n) is 1.70. The lowest BCUT2D eigenvalue weighted by molar-refractivity contribution is -0.125. The largest absolute Gasteiger partial charge is 0.508 e. The van der Waals surface area contributed by atoms with E-state index >= 15 is 0 Å². The molecule has 88 valence electrons. The predicted molar refractivity (Wildman–Crippen MR) is 64.2 cm³/mol. The number of hydrogen-bond acceptors (Lipinski definition) is 2. The summed E-state index contributed by atoms with van der Waals surface area (Å²) in [6.07, 6.45) is 0.706. The Bertz CT molecular complexity index is 343. The van der Waals surface area contributed by atoms with Crippen LogP contribution in [0.15, 0.2) is 24.3 Å². The topological polar surface area (TPSA) is 49.3 Å².